The summed E-state index contributed by atoms with van der Waals surface area (Å²) in [5, 5.41) is 0. The normalized spacial score (nSPS) is 25.7. The van der Waals surface area contributed by atoms with Gasteiger partial charge in [0.05, 0.1) is 7.11 Å². The molecule has 0 radical (unpaired) electrons. The molecule has 2 saturated heterocycles. The van der Waals surface area contributed by atoms with Crippen molar-refractivity contribution >= 4 is 11.8 Å². The summed E-state index contributed by atoms with van der Waals surface area (Å²) in [6, 6.07) is 7.26. The van der Waals surface area contributed by atoms with Crippen LogP contribution in [0.2, 0.25) is 0 Å². The van der Waals surface area contributed by atoms with Crippen molar-refractivity contribution in [3.8, 4) is 5.75 Å². The van der Waals surface area contributed by atoms with Crippen molar-refractivity contribution in [1.29, 1.82) is 0 Å². The second-order valence-corrected chi connectivity index (χ2v) is 7.35. The highest BCUT2D eigenvalue weighted by Gasteiger charge is 2.40. The minimum atomic E-state index is -0.335. The Morgan fingerprint density at radius 2 is 1.96 bits per heavy atom. The van der Waals surface area contributed by atoms with Crippen LogP contribution in [0.15, 0.2) is 24.3 Å². The van der Waals surface area contributed by atoms with Crippen LogP contribution in [0.1, 0.15) is 44.2 Å². The van der Waals surface area contributed by atoms with Crippen LogP contribution in [-0.4, -0.2) is 60.9 Å². The fourth-order valence-corrected chi connectivity index (χ4v) is 3.83. The lowest BCUT2D eigenvalue weighted by atomic mass is 9.99. The third-order valence-electron chi connectivity index (χ3n) is 5.55. The summed E-state index contributed by atoms with van der Waals surface area (Å²) in [4.78, 5) is 29.3. The van der Waals surface area contributed by atoms with Gasteiger partial charge in [0, 0.05) is 26.2 Å². The molecule has 3 atom stereocenters. The first kappa shape index (κ1) is 19.6. The molecular weight excluding hydrogens is 344 g/mol. The number of likely N-dealkylation sites (N-methyl/N-ethyl adjacent to an activating group) is 1. The molecule has 3 unspecified atom stereocenters. The Bertz CT molecular complexity index is 664. The number of piperazine rings is 1. The van der Waals surface area contributed by atoms with Gasteiger partial charge in [-0.1, -0.05) is 31.9 Å². The van der Waals surface area contributed by atoms with Crippen molar-refractivity contribution < 1.29 is 14.3 Å². The van der Waals surface area contributed by atoms with Crippen molar-refractivity contribution in [3.05, 3.63) is 29.8 Å². The van der Waals surface area contributed by atoms with E-state index < -0.39 is 0 Å². The Balaban J connectivity index is 1.66. The minimum absolute atomic E-state index is 0.0149. The molecule has 0 spiro atoms. The number of carbonyl (C=O) groups is 2. The maximum Gasteiger partial charge on any atom is 0.245 e. The van der Waals surface area contributed by atoms with Crippen molar-refractivity contribution in [1.82, 2.24) is 20.7 Å². The molecule has 1 aromatic carbocycles. The van der Waals surface area contributed by atoms with Crippen LogP contribution in [-0.2, 0) is 9.59 Å². The molecule has 2 aliphatic heterocycles. The number of ether oxygens (including phenoxy) is 1. The number of amides is 2. The predicted octanol–water partition coefficient (Wildman–Crippen LogP) is 1.46. The molecular formula is C20H30N4O3. The zero-order valence-electron chi connectivity index (χ0n) is 16.4. The third kappa shape index (κ3) is 4.25. The highest BCUT2D eigenvalue weighted by atomic mass is 16.5. The van der Waals surface area contributed by atoms with E-state index in [0.717, 1.165) is 30.6 Å². The number of carbonyl (C=O) groups excluding carboxylic acids is 2. The Labute approximate surface area is 161 Å². The second-order valence-electron chi connectivity index (χ2n) is 7.35. The summed E-state index contributed by atoms with van der Waals surface area (Å²) < 4.78 is 5.20. The summed E-state index contributed by atoms with van der Waals surface area (Å²) in [6.07, 6.45) is 3.34. The number of methoxy groups -OCH3 is 1. The van der Waals surface area contributed by atoms with Crippen LogP contribution in [0, 0.1) is 0 Å². The average molecular weight is 374 g/mol. The van der Waals surface area contributed by atoms with Crippen LogP contribution in [0.4, 0.5) is 0 Å². The van der Waals surface area contributed by atoms with Gasteiger partial charge in [0.2, 0.25) is 11.8 Å². The molecule has 2 amide bonds. The smallest absolute Gasteiger partial charge is 0.245 e. The highest BCUT2D eigenvalue weighted by molar-refractivity contribution is 5.91. The van der Waals surface area contributed by atoms with E-state index in [1.807, 2.05) is 31.3 Å². The van der Waals surface area contributed by atoms with Gasteiger partial charge >= 0.3 is 0 Å². The van der Waals surface area contributed by atoms with E-state index in [9.17, 15) is 9.59 Å². The number of hydrogen-bond acceptors (Lipinski definition) is 5. The lowest BCUT2D eigenvalue weighted by Crippen LogP contribution is -2.60. The quantitative estimate of drug-likeness (QED) is 0.789. The second kappa shape index (κ2) is 8.71. The van der Waals surface area contributed by atoms with E-state index in [1.54, 1.807) is 16.9 Å². The summed E-state index contributed by atoms with van der Waals surface area (Å²) in [5.74, 6) is 0.883. The summed E-state index contributed by atoms with van der Waals surface area (Å²) >= 11 is 0. The number of hydrogen-bond donors (Lipinski definition) is 2. The minimum Gasteiger partial charge on any atom is -0.497 e. The molecule has 0 bridgehead atoms. The molecule has 27 heavy (non-hydrogen) atoms. The Hall–Kier alpha value is -2.12. The number of rotatable bonds is 6. The summed E-state index contributed by atoms with van der Waals surface area (Å²) in [5.41, 5.74) is 7.47. The van der Waals surface area contributed by atoms with Gasteiger partial charge < -0.3 is 14.5 Å². The SMILES string of the molecule is CCCCC1C(=O)N(C)CCN1C(=O)C1CC(c2ccc(OC)cc2)NN1. The van der Waals surface area contributed by atoms with E-state index in [-0.39, 0.29) is 29.9 Å². The summed E-state index contributed by atoms with van der Waals surface area (Å²) in [7, 11) is 3.46. The molecule has 7 nitrogen and oxygen atoms in total. The van der Waals surface area contributed by atoms with Crippen LogP contribution < -0.4 is 15.6 Å². The van der Waals surface area contributed by atoms with Gasteiger partial charge in [-0.05, 0) is 30.5 Å². The first-order chi connectivity index (χ1) is 13.0. The lowest BCUT2D eigenvalue weighted by molar-refractivity contribution is -0.151. The van der Waals surface area contributed by atoms with Gasteiger partial charge in [-0.25, -0.2) is 10.9 Å². The Kier molecular flexibility index (Phi) is 6.34. The fourth-order valence-electron chi connectivity index (χ4n) is 3.83. The van der Waals surface area contributed by atoms with Crippen molar-refractivity contribution in [2.45, 2.75) is 50.7 Å². The van der Waals surface area contributed by atoms with Crippen LogP contribution in [0.5, 0.6) is 5.75 Å². The van der Waals surface area contributed by atoms with Gasteiger partial charge in [-0.2, -0.15) is 0 Å². The fraction of sp³-hybridized carbons (Fsp3) is 0.600. The molecule has 2 fully saturated rings. The Morgan fingerprint density at radius 3 is 2.63 bits per heavy atom. The maximum absolute atomic E-state index is 13.1. The molecule has 1 aromatic rings. The number of hydrazine groups is 1. The first-order valence-corrected chi connectivity index (χ1v) is 9.75. The van der Waals surface area contributed by atoms with E-state index in [0.29, 0.717) is 19.5 Å². The van der Waals surface area contributed by atoms with Gasteiger partial charge in [0.25, 0.3) is 0 Å². The third-order valence-corrected chi connectivity index (χ3v) is 5.55. The highest BCUT2D eigenvalue weighted by Crippen LogP contribution is 2.26. The monoisotopic (exact) mass is 374 g/mol. The molecule has 2 heterocycles. The summed E-state index contributed by atoms with van der Waals surface area (Å²) in [6.45, 7) is 3.29. The zero-order valence-corrected chi connectivity index (χ0v) is 16.4. The van der Waals surface area contributed by atoms with Gasteiger partial charge in [0.1, 0.15) is 17.8 Å². The maximum atomic E-state index is 13.1. The molecule has 3 rings (SSSR count). The van der Waals surface area contributed by atoms with E-state index >= 15 is 0 Å². The van der Waals surface area contributed by atoms with Crippen LogP contribution in [0.3, 0.4) is 0 Å². The molecule has 148 valence electrons. The number of nitrogens with one attached hydrogen (secondary N) is 2. The Morgan fingerprint density at radius 1 is 1.22 bits per heavy atom. The molecule has 0 saturated carbocycles. The topological polar surface area (TPSA) is 73.9 Å². The predicted molar refractivity (Wildman–Crippen MR) is 103 cm³/mol. The first-order valence-electron chi connectivity index (χ1n) is 9.75. The number of unbranched alkanes of at least 4 members (excludes halogenated alkanes) is 1. The van der Waals surface area contributed by atoms with Crippen molar-refractivity contribution in [3.63, 3.8) is 0 Å². The molecule has 0 aromatic heterocycles. The zero-order chi connectivity index (χ0) is 19.4. The van der Waals surface area contributed by atoms with Crippen LogP contribution in [0.25, 0.3) is 0 Å². The lowest BCUT2D eigenvalue weighted by Gasteiger charge is -2.40. The van der Waals surface area contributed by atoms with E-state index in [2.05, 4.69) is 17.8 Å². The molecule has 0 aliphatic carbocycles. The number of benzene rings is 1. The van der Waals surface area contributed by atoms with Crippen LogP contribution >= 0.6 is 0 Å². The molecule has 2 N–H and O–H groups in total. The largest absolute Gasteiger partial charge is 0.497 e. The average Bonchev–Trinajstić information content (AvgIpc) is 3.19. The van der Waals surface area contributed by atoms with Gasteiger partial charge in [-0.3, -0.25) is 9.59 Å². The standard InChI is InChI=1S/C20H30N4O3/c1-4-5-6-18-20(26)23(2)11-12-24(18)19(25)17-13-16(21-22-17)14-7-9-15(27-3)10-8-14/h7-10,16-18,21-22H,4-6,11-13H2,1-3H3. The van der Waals surface area contributed by atoms with Crippen molar-refractivity contribution in [2.24, 2.45) is 0 Å². The van der Waals surface area contributed by atoms with E-state index in [4.69, 9.17) is 4.74 Å². The molecule has 7 heteroatoms. The van der Waals surface area contributed by atoms with Gasteiger partial charge in [0.15, 0.2) is 0 Å². The number of nitrogens with zero attached hydrogens (tertiary/aromatic N) is 2. The molecule has 2 aliphatic rings. The van der Waals surface area contributed by atoms with E-state index in [1.165, 1.54) is 0 Å². The van der Waals surface area contributed by atoms with Crippen molar-refractivity contribution in [2.75, 3.05) is 27.2 Å². The van der Waals surface area contributed by atoms with Gasteiger partial charge in [-0.15, -0.1) is 0 Å².